The Kier molecular flexibility index (Phi) is 4.04. The van der Waals surface area contributed by atoms with Crippen molar-refractivity contribution in [1.29, 1.82) is 0 Å². The third-order valence-corrected chi connectivity index (χ3v) is 2.42. The first-order valence-corrected chi connectivity index (χ1v) is 5.63. The molecule has 0 aliphatic carbocycles. The lowest BCUT2D eigenvalue weighted by Crippen LogP contribution is -2.25. The monoisotopic (exact) mass is 259 g/mol. The quantitative estimate of drug-likeness (QED) is 0.892. The van der Waals surface area contributed by atoms with Crippen molar-refractivity contribution in [2.24, 2.45) is 0 Å². The van der Waals surface area contributed by atoms with Crippen LogP contribution in [-0.4, -0.2) is 22.6 Å². The molecule has 1 heterocycles. The molecule has 0 saturated carbocycles. The molecule has 0 saturated heterocycles. The summed E-state index contributed by atoms with van der Waals surface area (Å²) in [5, 5.41) is 2.56. The van der Waals surface area contributed by atoms with E-state index in [1.165, 1.54) is 17.9 Å². The Morgan fingerprint density at radius 1 is 1.32 bits per heavy atom. The summed E-state index contributed by atoms with van der Waals surface area (Å²) in [6, 6.07) is 10.3. The Bertz CT molecular complexity index is 623. The first kappa shape index (κ1) is 13.0. The summed E-state index contributed by atoms with van der Waals surface area (Å²) in [5.41, 5.74) is 0.0260. The lowest BCUT2D eigenvalue weighted by atomic mass is 10.2. The number of carbonyl (C=O) groups is 1. The maximum atomic E-state index is 11.9. The van der Waals surface area contributed by atoms with Crippen molar-refractivity contribution in [2.75, 3.05) is 12.4 Å². The zero-order valence-electron chi connectivity index (χ0n) is 10.4. The molecule has 98 valence electrons. The van der Waals surface area contributed by atoms with Crippen molar-refractivity contribution in [3.8, 4) is 0 Å². The van der Waals surface area contributed by atoms with Gasteiger partial charge in [-0.15, -0.1) is 0 Å². The largest absolute Gasteiger partial charge is 0.364 e. The molecule has 1 aromatic carbocycles. The van der Waals surface area contributed by atoms with E-state index in [1.54, 1.807) is 30.3 Å². The summed E-state index contributed by atoms with van der Waals surface area (Å²) >= 11 is 0. The lowest BCUT2D eigenvalue weighted by molar-refractivity contribution is 0.102. The van der Waals surface area contributed by atoms with Crippen LogP contribution < -0.4 is 11.0 Å². The summed E-state index contributed by atoms with van der Waals surface area (Å²) < 4.78 is 6.12. The second-order valence-electron chi connectivity index (χ2n) is 3.80. The van der Waals surface area contributed by atoms with Gasteiger partial charge < -0.3 is 10.1 Å². The van der Waals surface area contributed by atoms with Crippen LogP contribution in [0.1, 0.15) is 10.4 Å². The molecule has 0 radical (unpaired) electrons. The topological polar surface area (TPSA) is 73.2 Å². The van der Waals surface area contributed by atoms with Gasteiger partial charge in [-0.3, -0.25) is 9.36 Å². The molecule has 0 aliphatic rings. The van der Waals surface area contributed by atoms with Gasteiger partial charge in [-0.25, -0.2) is 4.79 Å². The minimum atomic E-state index is -0.479. The highest BCUT2D eigenvalue weighted by atomic mass is 16.5. The molecule has 1 N–H and O–H groups in total. The van der Waals surface area contributed by atoms with Gasteiger partial charge in [-0.1, -0.05) is 18.2 Å². The van der Waals surface area contributed by atoms with E-state index in [0.29, 0.717) is 5.56 Å². The molecule has 0 fully saturated rings. The second-order valence-corrected chi connectivity index (χ2v) is 3.80. The molecule has 1 aromatic heterocycles. The van der Waals surface area contributed by atoms with Crippen LogP contribution in [0, 0.1) is 0 Å². The van der Waals surface area contributed by atoms with Gasteiger partial charge in [0, 0.05) is 18.9 Å². The van der Waals surface area contributed by atoms with Crippen molar-refractivity contribution in [1.82, 2.24) is 9.55 Å². The van der Waals surface area contributed by atoms with Crippen molar-refractivity contribution >= 4 is 11.7 Å². The molecule has 0 aliphatic heterocycles. The van der Waals surface area contributed by atoms with Crippen LogP contribution >= 0.6 is 0 Å². The number of aromatic nitrogens is 2. The van der Waals surface area contributed by atoms with Crippen LogP contribution in [0.25, 0.3) is 0 Å². The highest BCUT2D eigenvalue weighted by Gasteiger charge is 2.07. The fraction of sp³-hybridized carbons (Fsp3) is 0.154. The number of carbonyl (C=O) groups excluding carboxylic acids is 1. The van der Waals surface area contributed by atoms with E-state index in [4.69, 9.17) is 4.74 Å². The first-order chi connectivity index (χ1) is 9.20. The fourth-order valence-corrected chi connectivity index (χ4v) is 1.51. The number of nitrogens with one attached hydrogen (secondary N) is 1. The van der Waals surface area contributed by atoms with Gasteiger partial charge in [0.25, 0.3) is 5.91 Å². The standard InChI is InChI=1S/C13H13N3O3/c1-19-9-16-8-7-11(15-13(16)18)14-12(17)10-5-3-2-4-6-10/h2-8H,9H2,1H3,(H,14,15,17,18). The molecule has 0 unspecified atom stereocenters. The van der Waals surface area contributed by atoms with E-state index in [0.717, 1.165) is 0 Å². The third kappa shape index (κ3) is 3.26. The molecule has 0 spiro atoms. The van der Waals surface area contributed by atoms with Gasteiger partial charge in [0.2, 0.25) is 0 Å². The average molecular weight is 259 g/mol. The van der Waals surface area contributed by atoms with Crippen LogP contribution in [0.2, 0.25) is 0 Å². The third-order valence-electron chi connectivity index (χ3n) is 2.42. The number of amides is 1. The Morgan fingerprint density at radius 3 is 2.68 bits per heavy atom. The van der Waals surface area contributed by atoms with Crippen LogP contribution in [0.3, 0.4) is 0 Å². The number of hydrogen-bond donors (Lipinski definition) is 1. The molecule has 19 heavy (non-hydrogen) atoms. The average Bonchev–Trinajstić information content (AvgIpc) is 2.43. The molecular formula is C13H13N3O3. The Labute approximate surface area is 109 Å². The van der Waals surface area contributed by atoms with E-state index in [9.17, 15) is 9.59 Å². The van der Waals surface area contributed by atoms with Gasteiger partial charge in [-0.05, 0) is 18.2 Å². The van der Waals surface area contributed by atoms with Gasteiger partial charge >= 0.3 is 5.69 Å². The molecule has 0 bridgehead atoms. The highest BCUT2D eigenvalue weighted by molar-refractivity contribution is 6.03. The number of methoxy groups -OCH3 is 1. The van der Waals surface area contributed by atoms with Gasteiger partial charge in [0.05, 0.1) is 0 Å². The van der Waals surface area contributed by atoms with Gasteiger partial charge in [0.1, 0.15) is 12.5 Å². The Balaban J connectivity index is 2.14. The Morgan fingerprint density at radius 2 is 2.05 bits per heavy atom. The predicted molar refractivity (Wildman–Crippen MR) is 69.9 cm³/mol. The maximum Gasteiger partial charge on any atom is 0.351 e. The van der Waals surface area contributed by atoms with Gasteiger partial charge in [0.15, 0.2) is 0 Å². The number of ether oxygens (including phenoxy) is 1. The number of anilines is 1. The molecule has 6 heteroatoms. The minimum absolute atomic E-state index is 0.124. The van der Waals surface area contributed by atoms with Gasteiger partial charge in [-0.2, -0.15) is 4.98 Å². The van der Waals surface area contributed by atoms with Crippen LogP contribution in [0.4, 0.5) is 5.82 Å². The molecule has 2 aromatic rings. The summed E-state index contributed by atoms with van der Waals surface area (Å²) in [4.78, 5) is 27.2. The minimum Gasteiger partial charge on any atom is -0.364 e. The second kappa shape index (κ2) is 5.92. The first-order valence-electron chi connectivity index (χ1n) is 5.63. The number of benzene rings is 1. The summed E-state index contributed by atoms with van der Waals surface area (Å²) in [6.45, 7) is 0.124. The van der Waals surface area contributed by atoms with Crippen molar-refractivity contribution < 1.29 is 9.53 Å². The number of hydrogen-bond acceptors (Lipinski definition) is 4. The fourth-order valence-electron chi connectivity index (χ4n) is 1.51. The highest BCUT2D eigenvalue weighted by Crippen LogP contribution is 2.04. The molecule has 1 amide bonds. The van der Waals surface area contributed by atoms with E-state index >= 15 is 0 Å². The van der Waals surface area contributed by atoms with E-state index < -0.39 is 5.69 Å². The normalized spacial score (nSPS) is 10.2. The van der Waals surface area contributed by atoms with Crippen LogP contribution in [0.5, 0.6) is 0 Å². The summed E-state index contributed by atoms with van der Waals surface area (Å²) in [6.07, 6.45) is 1.51. The van der Waals surface area contributed by atoms with Crippen molar-refractivity contribution in [2.45, 2.75) is 6.73 Å². The lowest BCUT2D eigenvalue weighted by Gasteiger charge is -2.06. The van der Waals surface area contributed by atoms with E-state index in [-0.39, 0.29) is 18.5 Å². The number of nitrogens with zero attached hydrogens (tertiary/aromatic N) is 2. The smallest absolute Gasteiger partial charge is 0.351 e. The molecule has 0 atom stereocenters. The SMILES string of the molecule is COCn1ccc(NC(=O)c2ccccc2)nc1=O. The summed E-state index contributed by atoms with van der Waals surface area (Å²) in [7, 11) is 1.48. The van der Waals surface area contributed by atoms with E-state index in [2.05, 4.69) is 10.3 Å². The number of rotatable bonds is 4. The zero-order chi connectivity index (χ0) is 13.7. The maximum absolute atomic E-state index is 11.9. The van der Waals surface area contributed by atoms with E-state index in [1.807, 2.05) is 6.07 Å². The zero-order valence-corrected chi connectivity index (χ0v) is 10.4. The van der Waals surface area contributed by atoms with Crippen LogP contribution in [0.15, 0.2) is 47.4 Å². The predicted octanol–water partition coefficient (Wildman–Crippen LogP) is 1.10. The summed E-state index contributed by atoms with van der Waals surface area (Å²) in [5.74, 6) is -0.0943. The van der Waals surface area contributed by atoms with Crippen molar-refractivity contribution in [3.63, 3.8) is 0 Å². The van der Waals surface area contributed by atoms with Crippen molar-refractivity contribution in [3.05, 3.63) is 58.6 Å². The van der Waals surface area contributed by atoms with Crippen LogP contribution in [-0.2, 0) is 11.5 Å². The molecule has 2 rings (SSSR count). The molecular weight excluding hydrogens is 246 g/mol. The Hall–Kier alpha value is -2.47. The molecule has 6 nitrogen and oxygen atoms in total.